The van der Waals surface area contributed by atoms with Gasteiger partial charge in [-0.1, -0.05) is 24.2 Å². The smallest absolute Gasteiger partial charge is 0.323 e. The number of rotatable bonds is 3. The lowest BCUT2D eigenvalue weighted by atomic mass is 9.91. The molecule has 1 aromatic carbocycles. The van der Waals surface area contributed by atoms with Gasteiger partial charge in [-0.15, -0.1) is 0 Å². The van der Waals surface area contributed by atoms with Crippen molar-refractivity contribution < 1.29 is 23.6 Å². The predicted octanol–water partition coefficient (Wildman–Crippen LogP) is 3.36. The first-order valence-electron chi connectivity index (χ1n) is 8.36. The zero-order chi connectivity index (χ0) is 18.8. The van der Waals surface area contributed by atoms with Crippen molar-refractivity contribution in [1.29, 1.82) is 0 Å². The van der Waals surface area contributed by atoms with Gasteiger partial charge in [0.15, 0.2) is 11.6 Å². The molecule has 138 valence electrons. The van der Waals surface area contributed by atoms with Crippen LogP contribution in [0.15, 0.2) is 28.8 Å². The molecule has 7 nitrogen and oxygen atoms in total. The Bertz CT molecular complexity index is 836. The topological polar surface area (TPSA) is 95.7 Å². The summed E-state index contributed by atoms with van der Waals surface area (Å²) in [6, 6.07) is 5.69. The maximum absolute atomic E-state index is 13.9. The third kappa shape index (κ3) is 3.54. The fourth-order valence-corrected chi connectivity index (χ4v) is 3.23. The summed E-state index contributed by atoms with van der Waals surface area (Å²) in [4.78, 5) is 25.2. The summed E-state index contributed by atoms with van der Waals surface area (Å²) < 4.78 is 19.2. The Labute approximate surface area is 149 Å². The summed E-state index contributed by atoms with van der Waals surface area (Å²) >= 11 is 0. The highest BCUT2D eigenvalue weighted by Gasteiger charge is 2.32. The average molecular weight is 361 g/mol. The Balaban J connectivity index is 1.76. The van der Waals surface area contributed by atoms with Crippen molar-refractivity contribution in [1.82, 2.24) is 10.1 Å². The molecule has 0 spiro atoms. The van der Waals surface area contributed by atoms with Crippen molar-refractivity contribution in [3.05, 3.63) is 35.6 Å². The van der Waals surface area contributed by atoms with Crippen LogP contribution in [0.4, 0.5) is 15.0 Å². The van der Waals surface area contributed by atoms with Crippen LogP contribution in [0.3, 0.4) is 0 Å². The predicted molar refractivity (Wildman–Crippen MR) is 92.1 cm³/mol. The molecule has 2 unspecified atom stereocenters. The molecule has 26 heavy (non-hydrogen) atoms. The summed E-state index contributed by atoms with van der Waals surface area (Å²) in [5, 5.41) is 15.7. The molecule has 1 aliphatic rings. The Kier molecular flexibility index (Phi) is 4.92. The lowest BCUT2D eigenvalue weighted by molar-refractivity contribution is -0.143. The zero-order valence-corrected chi connectivity index (χ0v) is 14.5. The molecule has 2 aromatic rings. The van der Waals surface area contributed by atoms with E-state index < -0.39 is 23.7 Å². The normalized spacial score (nSPS) is 20.0. The van der Waals surface area contributed by atoms with Gasteiger partial charge >= 0.3 is 12.0 Å². The molecule has 2 heterocycles. The highest BCUT2D eigenvalue weighted by Crippen LogP contribution is 2.30. The maximum Gasteiger partial charge on any atom is 0.323 e. The van der Waals surface area contributed by atoms with Crippen LogP contribution in [0.25, 0.3) is 11.3 Å². The van der Waals surface area contributed by atoms with Crippen LogP contribution in [0.5, 0.6) is 0 Å². The van der Waals surface area contributed by atoms with E-state index in [1.807, 2.05) is 6.92 Å². The van der Waals surface area contributed by atoms with Crippen molar-refractivity contribution >= 4 is 17.8 Å². The first-order valence-corrected chi connectivity index (χ1v) is 8.36. The molecule has 8 heteroatoms. The lowest BCUT2D eigenvalue weighted by Crippen LogP contribution is -2.47. The number of urea groups is 1. The molecule has 0 bridgehead atoms. The van der Waals surface area contributed by atoms with E-state index in [1.54, 1.807) is 25.1 Å². The van der Waals surface area contributed by atoms with Crippen molar-refractivity contribution in [2.45, 2.75) is 20.3 Å². The molecule has 1 aromatic heterocycles. The Morgan fingerprint density at radius 2 is 2.08 bits per heavy atom. The number of nitrogens with one attached hydrogen (secondary N) is 1. The number of aromatic nitrogens is 1. The second-order valence-electron chi connectivity index (χ2n) is 6.68. The fraction of sp³-hybridized carbons (Fsp3) is 0.389. The minimum atomic E-state index is -0.909. The second-order valence-corrected chi connectivity index (χ2v) is 6.68. The third-order valence-electron chi connectivity index (χ3n) is 4.56. The maximum atomic E-state index is 13.9. The van der Waals surface area contributed by atoms with E-state index in [0.717, 1.165) is 0 Å². The Morgan fingerprint density at radius 1 is 1.35 bits per heavy atom. The lowest BCUT2D eigenvalue weighted by Gasteiger charge is -2.34. The van der Waals surface area contributed by atoms with Crippen LogP contribution in [0.2, 0.25) is 0 Å². The van der Waals surface area contributed by atoms with E-state index in [9.17, 15) is 19.1 Å². The zero-order valence-electron chi connectivity index (χ0n) is 14.5. The number of aliphatic carboxylic acids is 1. The van der Waals surface area contributed by atoms with Gasteiger partial charge in [0.1, 0.15) is 5.82 Å². The summed E-state index contributed by atoms with van der Waals surface area (Å²) in [6.45, 7) is 4.19. The molecule has 1 saturated heterocycles. The number of piperidine rings is 1. The van der Waals surface area contributed by atoms with Crippen molar-refractivity contribution in [3.63, 3.8) is 0 Å². The number of benzene rings is 1. The number of hydrogen-bond donors (Lipinski definition) is 2. The third-order valence-corrected chi connectivity index (χ3v) is 4.56. The second kappa shape index (κ2) is 7.15. The first-order chi connectivity index (χ1) is 12.4. The van der Waals surface area contributed by atoms with Crippen LogP contribution in [-0.4, -0.2) is 40.3 Å². The van der Waals surface area contributed by atoms with Gasteiger partial charge in [-0.3, -0.25) is 10.1 Å². The molecule has 0 aliphatic carbocycles. The quantitative estimate of drug-likeness (QED) is 0.874. The van der Waals surface area contributed by atoms with Crippen molar-refractivity contribution in [3.8, 4) is 11.3 Å². The van der Waals surface area contributed by atoms with E-state index in [2.05, 4.69) is 10.5 Å². The minimum absolute atomic E-state index is 0.0861. The molecule has 3 rings (SSSR count). The van der Waals surface area contributed by atoms with Crippen LogP contribution in [0.1, 0.15) is 18.9 Å². The average Bonchev–Trinajstić information content (AvgIpc) is 2.95. The Morgan fingerprint density at radius 3 is 2.77 bits per heavy atom. The van der Waals surface area contributed by atoms with Crippen LogP contribution in [0, 0.1) is 24.6 Å². The summed E-state index contributed by atoms with van der Waals surface area (Å²) in [7, 11) is 0. The van der Waals surface area contributed by atoms with E-state index in [-0.39, 0.29) is 29.6 Å². The van der Waals surface area contributed by atoms with Gasteiger partial charge in [0.2, 0.25) is 0 Å². The number of amides is 2. The molecule has 0 radical (unpaired) electrons. The van der Waals surface area contributed by atoms with Gasteiger partial charge in [-0.05, 0) is 31.4 Å². The fourth-order valence-electron chi connectivity index (χ4n) is 3.23. The number of carbonyl (C=O) groups is 2. The number of likely N-dealkylation sites (tertiary alicyclic amines) is 1. The van der Waals surface area contributed by atoms with E-state index >= 15 is 0 Å². The highest BCUT2D eigenvalue weighted by atomic mass is 19.1. The molecular formula is C18H20FN3O4. The largest absolute Gasteiger partial charge is 0.481 e. The highest BCUT2D eigenvalue weighted by molar-refractivity contribution is 5.90. The first kappa shape index (κ1) is 17.9. The van der Waals surface area contributed by atoms with Crippen LogP contribution in [-0.2, 0) is 4.79 Å². The molecule has 1 fully saturated rings. The van der Waals surface area contributed by atoms with E-state index in [0.29, 0.717) is 18.5 Å². The van der Waals surface area contributed by atoms with Gasteiger partial charge in [0.25, 0.3) is 0 Å². The summed E-state index contributed by atoms with van der Waals surface area (Å²) in [5.41, 5.74) is 0.763. The molecule has 1 aliphatic heterocycles. The van der Waals surface area contributed by atoms with Gasteiger partial charge in [-0.2, -0.15) is 0 Å². The van der Waals surface area contributed by atoms with E-state index in [1.165, 1.54) is 11.0 Å². The minimum Gasteiger partial charge on any atom is -0.481 e. The summed E-state index contributed by atoms with van der Waals surface area (Å²) in [6.07, 6.45) is 0.541. The number of halogens is 1. The SMILES string of the molecule is Cc1c(NC(=O)N2CC(C)CC(C(=O)O)C2)noc1-c1ccccc1F. The molecule has 2 amide bonds. The van der Waals surface area contributed by atoms with Crippen LogP contribution >= 0.6 is 0 Å². The molecule has 0 saturated carbocycles. The van der Waals surface area contributed by atoms with Gasteiger partial charge in [0, 0.05) is 18.7 Å². The van der Waals surface area contributed by atoms with Crippen molar-refractivity contribution in [2.75, 3.05) is 18.4 Å². The molecule has 2 N–H and O–H groups in total. The number of carboxylic acid groups (broad SMARTS) is 1. The number of nitrogens with zero attached hydrogens (tertiary/aromatic N) is 2. The van der Waals surface area contributed by atoms with Gasteiger partial charge < -0.3 is 14.5 Å². The van der Waals surface area contributed by atoms with Crippen LogP contribution < -0.4 is 5.32 Å². The van der Waals surface area contributed by atoms with Crippen molar-refractivity contribution in [2.24, 2.45) is 11.8 Å². The monoisotopic (exact) mass is 361 g/mol. The molecular weight excluding hydrogens is 341 g/mol. The number of carboxylic acids is 1. The van der Waals surface area contributed by atoms with Gasteiger partial charge in [-0.25, -0.2) is 9.18 Å². The standard InChI is InChI=1S/C18H20FN3O4/c1-10-7-12(17(23)24)9-22(8-10)18(25)20-16-11(2)15(26-21-16)13-5-3-4-6-14(13)19/h3-6,10,12H,7-9H2,1-2H3,(H,23,24)(H,20,21,25). The van der Waals surface area contributed by atoms with Gasteiger partial charge in [0.05, 0.1) is 11.5 Å². The number of carbonyl (C=O) groups excluding carboxylic acids is 1. The Hall–Kier alpha value is -2.90. The number of hydrogen-bond acceptors (Lipinski definition) is 4. The number of anilines is 1. The van der Waals surface area contributed by atoms with E-state index in [4.69, 9.17) is 4.52 Å². The molecule has 2 atom stereocenters. The summed E-state index contributed by atoms with van der Waals surface area (Å²) in [5.74, 6) is -1.42.